The van der Waals surface area contributed by atoms with Crippen LogP contribution < -0.4 is 0 Å². The van der Waals surface area contributed by atoms with E-state index < -0.39 is 0 Å². The number of hydrogen-bond donors (Lipinski definition) is 0. The van der Waals surface area contributed by atoms with Crippen molar-refractivity contribution in [2.24, 2.45) is 5.41 Å². The number of hydrogen-bond acceptors (Lipinski definition) is 3. The fraction of sp³-hybridized carbons (Fsp3) is 0.923. The van der Waals surface area contributed by atoms with Gasteiger partial charge in [-0.1, -0.05) is 0 Å². The van der Waals surface area contributed by atoms with Crippen LogP contribution in [0.5, 0.6) is 0 Å². The Morgan fingerprint density at radius 3 is 2.47 bits per heavy atom. The van der Waals surface area contributed by atoms with E-state index in [9.17, 15) is 4.79 Å². The molecular weight excluding hydrogens is 234 g/mol. The first-order valence-corrected chi connectivity index (χ1v) is 7.61. The molecule has 98 valence electrons. The average Bonchev–Trinajstić information content (AvgIpc) is 2.61. The number of carbonyl (C=O) groups excluding carboxylic acids is 1. The first kappa shape index (κ1) is 13.1. The van der Waals surface area contributed by atoms with Crippen LogP contribution >= 0.6 is 11.8 Å². The molecule has 0 radical (unpaired) electrons. The van der Waals surface area contributed by atoms with Gasteiger partial charge in [0, 0.05) is 13.1 Å². The normalized spacial score (nSPS) is 24.1. The summed E-state index contributed by atoms with van der Waals surface area (Å²) in [5.74, 6) is 2.50. The first-order chi connectivity index (χ1) is 7.90. The van der Waals surface area contributed by atoms with Crippen LogP contribution in [0.1, 0.15) is 40.0 Å². The molecule has 0 aromatic rings. The Morgan fingerprint density at radius 2 is 1.88 bits per heavy atom. The topological polar surface area (TPSA) is 29.5 Å². The van der Waals surface area contributed by atoms with Gasteiger partial charge in [0.1, 0.15) is 5.60 Å². The Kier molecular flexibility index (Phi) is 3.62. The lowest BCUT2D eigenvalue weighted by Gasteiger charge is -2.33. The van der Waals surface area contributed by atoms with Crippen LogP contribution in [0.4, 0.5) is 4.79 Å². The average molecular weight is 257 g/mol. The summed E-state index contributed by atoms with van der Waals surface area (Å²) in [5.41, 5.74) is 0.0252. The van der Waals surface area contributed by atoms with Crippen molar-refractivity contribution in [3.63, 3.8) is 0 Å². The van der Waals surface area contributed by atoms with Gasteiger partial charge in [0.2, 0.25) is 0 Å². The molecule has 2 saturated heterocycles. The molecule has 1 amide bonds. The highest BCUT2D eigenvalue weighted by molar-refractivity contribution is 7.99. The Balaban J connectivity index is 1.91. The summed E-state index contributed by atoms with van der Waals surface area (Å²) in [4.78, 5) is 13.9. The first-order valence-electron chi connectivity index (χ1n) is 6.46. The molecule has 2 fully saturated rings. The maximum Gasteiger partial charge on any atom is 0.410 e. The monoisotopic (exact) mass is 257 g/mol. The molecule has 2 heterocycles. The number of amides is 1. The Hall–Kier alpha value is -0.380. The Labute approximate surface area is 108 Å². The van der Waals surface area contributed by atoms with E-state index in [-0.39, 0.29) is 11.7 Å². The van der Waals surface area contributed by atoms with E-state index in [0.717, 1.165) is 19.5 Å². The molecule has 2 aliphatic rings. The summed E-state index contributed by atoms with van der Waals surface area (Å²) < 4.78 is 5.44. The van der Waals surface area contributed by atoms with Crippen molar-refractivity contribution in [1.82, 2.24) is 4.90 Å². The molecule has 0 saturated carbocycles. The van der Waals surface area contributed by atoms with Crippen LogP contribution in [0.15, 0.2) is 0 Å². The van der Waals surface area contributed by atoms with Crippen molar-refractivity contribution < 1.29 is 9.53 Å². The Morgan fingerprint density at radius 1 is 1.24 bits per heavy atom. The smallest absolute Gasteiger partial charge is 0.410 e. The van der Waals surface area contributed by atoms with Crippen LogP contribution in [-0.4, -0.2) is 41.2 Å². The maximum absolute atomic E-state index is 12.0. The van der Waals surface area contributed by atoms with Crippen molar-refractivity contribution in [3.8, 4) is 0 Å². The van der Waals surface area contributed by atoms with E-state index in [2.05, 4.69) is 0 Å². The number of ether oxygens (including phenoxy) is 1. The number of thioether (sulfide) groups is 1. The molecule has 0 aliphatic carbocycles. The molecule has 2 rings (SSSR count). The fourth-order valence-corrected chi connectivity index (χ4v) is 3.99. The molecule has 3 nitrogen and oxygen atoms in total. The molecule has 2 aliphatic heterocycles. The number of nitrogens with zero attached hydrogens (tertiary/aromatic N) is 1. The lowest BCUT2D eigenvalue weighted by Crippen LogP contribution is -2.37. The fourth-order valence-electron chi connectivity index (χ4n) is 2.63. The predicted octanol–water partition coefficient (Wildman–Crippen LogP) is 3.14. The van der Waals surface area contributed by atoms with Crippen molar-refractivity contribution >= 4 is 17.9 Å². The summed E-state index contributed by atoms with van der Waals surface area (Å²) >= 11 is 2.04. The molecule has 0 N–H and O–H groups in total. The second-order valence-corrected chi connectivity index (χ2v) is 7.49. The highest BCUT2D eigenvalue weighted by atomic mass is 32.2. The van der Waals surface area contributed by atoms with Crippen LogP contribution in [0.3, 0.4) is 0 Å². The molecule has 4 heteroatoms. The minimum atomic E-state index is -0.380. The molecule has 0 bridgehead atoms. The minimum Gasteiger partial charge on any atom is -0.444 e. The highest BCUT2D eigenvalue weighted by Gasteiger charge is 2.41. The van der Waals surface area contributed by atoms with E-state index >= 15 is 0 Å². The van der Waals surface area contributed by atoms with Crippen molar-refractivity contribution in [3.05, 3.63) is 0 Å². The van der Waals surface area contributed by atoms with E-state index in [1.165, 1.54) is 24.3 Å². The number of rotatable bonds is 0. The van der Waals surface area contributed by atoms with E-state index in [0.29, 0.717) is 5.41 Å². The maximum atomic E-state index is 12.0. The van der Waals surface area contributed by atoms with Gasteiger partial charge in [-0.15, -0.1) is 0 Å². The summed E-state index contributed by atoms with van der Waals surface area (Å²) in [6.07, 6.45) is 3.55. The van der Waals surface area contributed by atoms with Gasteiger partial charge in [0.05, 0.1) is 0 Å². The third-order valence-electron chi connectivity index (χ3n) is 3.64. The minimum absolute atomic E-state index is 0.132. The molecule has 0 aromatic heterocycles. The summed E-state index contributed by atoms with van der Waals surface area (Å²) in [5, 5.41) is 0. The Bertz CT molecular complexity index is 292. The lowest BCUT2D eigenvalue weighted by molar-refractivity contribution is 0.0270. The second-order valence-electron chi connectivity index (χ2n) is 6.26. The zero-order valence-corrected chi connectivity index (χ0v) is 11.9. The van der Waals surface area contributed by atoms with Gasteiger partial charge in [-0.25, -0.2) is 4.79 Å². The molecule has 17 heavy (non-hydrogen) atoms. The lowest BCUT2D eigenvalue weighted by atomic mass is 9.81. The van der Waals surface area contributed by atoms with Gasteiger partial charge in [-0.05, 0) is 57.0 Å². The third-order valence-corrected chi connectivity index (χ3v) is 4.63. The third kappa shape index (κ3) is 3.30. The van der Waals surface area contributed by atoms with Crippen LogP contribution in [0.25, 0.3) is 0 Å². The van der Waals surface area contributed by atoms with Gasteiger partial charge in [-0.2, -0.15) is 11.8 Å². The van der Waals surface area contributed by atoms with E-state index in [1.807, 2.05) is 37.4 Å². The SMILES string of the molecule is CC(C)(C)OC(=O)N1CCC2(CCSCC2)C1. The summed E-state index contributed by atoms with van der Waals surface area (Å²) in [6.45, 7) is 7.55. The van der Waals surface area contributed by atoms with Crippen LogP contribution in [-0.2, 0) is 4.74 Å². The molecule has 0 unspecified atom stereocenters. The van der Waals surface area contributed by atoms with Crippen molar-refractivity contribution in [2.45, 2.75) is 45.6 Å². The summed E-state index contributed by atoms with van der Waals surface area (Å²) in [6, 6.07) is 0. The van der Waals surface area contributed by atoms with Gasteiger partial charge in [0.15, 0.2) is 0 Å². The molecule has 0 atom stereocenters. The molecular formula is C13H23NO2S. The zero-order chi connectivity index (χ0) is 12.5. The predicted molar refractivity (Wildman–Crippen MR) is 71.4 cm³/mol. The number of carbonyl (C=O) groups is 1. The van der Waals surface area contributed by atoms with Gasteiger partial charge in [-0.3, -0.25) is 0 Å². The van der Waals surface area contributed by atoms with E-state index in [4.69, 9.17) is 4.74 Å². The number of likely N-dealkylation sites (tertiary alicyclic amines) is 1. The summed E-state index contributed by atoms with van der Waals surface area (Å²) in [7, 11) is 0. The van der Waals surface area contributed by atoms with Gasteiger partial charge < -0.3 is 9.64 Å². The van der Waals surface area contributed by atoms with Gasteiger partial charge in [0.25, 0.3) is 0 Å². The molecule has 0 aromatic carbocycles. The van der Waals surface area contributed by atoms with Crippen molar-refractivity contribution in [1.29, 1.82) is 0 Å². The standard InChI is InChI=1S/C13H23NO2S/c1-12(2,3)16-11(15)14-7-4-13(10-14)5-8-17-9-6-13/h4-10H2,1-3H3. The second kappa shape index (κ2) is 4.71. The van der Waals surface area contributed by atoms with Gasteiger partial charge >= 0.3 is 6.09 Å². The van der Waals surface area contributed by atoms with Crippen LogP contribution in [0.2, 0.25) is 0 Å². The molecule has 1 spiro atoms. The van der Waals surface area contributed by atoms with Crippen LogP contribution in [0, 0.1) is 5.41 Å². The van der Waals surface area contributed by atoms with Crippen molar-refractivity contribution in [2.75, 3.05) is 24.6 Å². The van der Waals surface area contributed by atoms with E-state index in [1.54, 1.807) is 0 Å². The highest BCUT2D eigenvalue weighted by Crippen LogP contribution is 2.42. The zero-order valence-electron chi connectivity index (χ0n) is 11.1. The largest absolute Gasteiger partial charge is 0.444 e. The quantitative estimate of drug-likeness (QED) is 0.667.